The van der Waals surface area contributed by atoms with Gasteiger partial charge in [0.25, 0.3) is 0 Å². The van der Waals surface area contributed by atoms with Gasteiger partial charge in [0.15, 0.2) is 0 Å². The fourth-order valence-electron chi connectivity index (χ4n) is 2.73. The number of nitrogens with one attached hydrogen (secondary N) is 1. The van der Waals surface area contributed by atoms with E-state index in [1.807, 2.05) is 13.1 Å². The predicted molar refractivity (Wildman–Crippen MR) is 88.2 cm³/mol. The molecule has 0 aliphatic rings. The molecule has 2 rings (SSSR count). The molecule has 0 amide bonds. The molecule has 0 bridgehead atoms. The van der Waals surface area contributed by atoms with Crippen molar-refractivity contribution >= 4 is 10.9 Å². The van der Waals surface area contributed by atoms with Crippen LogP contribution in [0.15, 0.2) is 43.1 Å². The zero-order valence-electron chi connectivity index (χ0n) is 12.6. The molecule has 1 aromatic carbocycles. The number of rotatable bonds is 9. The molecule has 20 heavy (non-hydrogen) atoms. The number of nitrogens with zero attached hydrogens (tertiary/aromatic N) is 1. The Morgan fingerprint density at radius 3 is 2.85 bits per heavy atom. The molecule has 1 heterocycles. The first-order valence-electron chi connectivity index (χ1n) is 7.69. The van der Waals surface area contributed by atoms with E-state index in [4.69, 9.17) is 0 Å². The molecular weight excluding hydrogens is 244 g/mol. The van der Waals surface area contributed by atoms with Gasteiger partial charge in [0.2, 0.25) is 0 Å². The molecule has 0 fully saturated rings. The molecule has 1 N–H and O–H groups in total. The smallest absolute Gasteiger partial charge is 0.0483 e. The highest BCUT2D eigenvalue weighted by atomic mass is 15.0. The minimum absolute atomic E-state index is 1.09. The maximum atomic E-state index is 3.80. The van der Waals surface area contributed by atoms with E-state index in [9.17, 15) is 0 Å². The number of benzene rings is 1. The van der Waals surface area contributed by atoms with Crippen molar-refractivity contribution in [1.29, 1.82) is 0 Å². The first-order chi connectivity index (χ1) is 9.86. The monoisotopic (exact) mass is 270 g/mol. The maximum absolute atomic E-state index is 3.80. The van der Waals surface area contributed by atoms with E-state index >= 15 is 0 Å². The summed E-state index contributed by atoms with van der Waals surface area (Å²) < 4.78 is 2.41. The number of aromatic nitrogens is 1. The third-order valence-electron chi connectivity index (χ3n) is 3.80. The Kier molecular flexibility index (Phi) is 5.87. The van der Waals surface area contributed by atoms with Gasteiger partial charge in [-0.2, -0.15) is 0 Å². The van der Waals surface area contributed by atoms with Crippen LogP contribution in [0, 0.1) is 0 Å². The van der Waals surface area contributed by atoms with Crippen LogP contribution in [0.5, 0.6) is 0 Å². The van der Waals surface area contributed by atoms with Crippen molar-refractivity contribution in [1.82, 2.24) is 9.88 Å². The summed E-state index contributed by atoms with van der Waals surface area (Å²) in [4.78, 5) is 0. The second-order valence-corrected chi connectivity index (χ2v) is 5.36. The Morgan fingerprint density at radius 2 is 2.05 bits per heavy atom. The van der Waals surface area contributed by atoms with Crippen LogP contribution in [-0.2, 0) is 13.0 Å². The molecule has 0 aliphatic carbocycles. The minimum Gasteiger partial charge on any atom is -0.347 e. The third kappa shape index (κ3) is 3.73. The highest BCUT2D eigenvalue weighted by Crippen LogP contribution is 2.23. The third-order valence-corrected chi connectivity index (χ3v) is 3.80. The summed E-state index contributed by atoms with van der Waals surface area (Å²) in [5.41, 5.74) is 2.87. The average molecular weight is 270 g/mol. The Balaban J connectivity index is 2.10. The molecule has 0 saturated carbocycles. The lowest BCUT2D eigenvalue weighted by atomic mass is 10.1. The molecule has 0 spiro atoms. The molecule has 2 heteroatoms. The molecule has 0 aliphatic heterocycles. The maximum Gasteiger partial charge on any atom is 0.0483 e. The van der Waals surface area contributed by atoms with Crippen LogP contribution in [0.25, 0.3) is 10.9 Å². The second kappa shape index (κ2) is 7.91. The molecule has 2 nitrogen and oxygen atoms in total. The van der Waals surface area contributed by atoms with Crippen LogP contribution in [0.2, 0.25) is 0 Å². The highest BCUT2D eigenvalue weighted by molar-refractivity contribution is 5.83. The van der Waals surface area contributed by atoms with Crippen molar-refractivity contribution in [3.8, 4) is 0 Å². The molecule has 2 aromatic rings. The first kappa shape index (κ1) is 14.9. The number of para-hydroxylation sites is 1. The molecule has 0 saturated heterocycles. The van der Waals surface area contributed by atoms with Crippen molar-refractivity contribution in [3.63, 3.8) is 0 Å². The number of unbranched alkanes of at least 4 members (excludes halogenated alkanes) is 2. The Morgan fingerprint density at radius 1 is 1.20 bits per heavy atom. The van der Waals surface area contributed by atoms with Gasteiger partial charge in [0, 0.05) is 23.6 Å². The summed E-state index contributed by atoms with van der Waals surface area (Å²) in [5.74, 6) is 0. The van der Waals surface area contributed by atoms with Crippen LogP contribution in [0.3, 0.4) is 0 Å². The summed E-state index contributed by atoms with van der Waals surface area (Å²) in [7, 11) is 2.02. The van der Waals surface area contributed by atoms with Crippen LogP contribution in [-0.4, -0.2) is 18.2 Å². The van der Waals surface area contributed by atoms with E-state index in [0.717, 1.165) is 19.5 Å². The van der Waals surface area contributed by atoms with E-state index in [1.165, 1.54) is 42.1 Å². The lowest BCUT2D eigenvalue weighted by molar-refractivity contribution is 0.660. The summed E-state index contributed by atoms with van der Waals surface area (Å²) in [6.07, 6.45) is 10.3. The second-order valence-electron chi connectivity index (χ2n) is 5.36. The Labute approximate surface area is 122 Å². The van der Waals surface area contributed by atoms with E-state index < -0.39 is 0 Å². The van der Waals surface area contributed by atoms with Crippen molar-refractivity contribution in [2.75, 3.05) is 13.6 Å². The van der Waals surface area contributed by atoms with Gasteiger partial charge in [-0.3, -0.25) is 0 Å². The molecular formula is C18H26N2. The molecule has 1 aromatic heterocycles. The van der Waals surface area contributed by atoms with Gasteiger partial charge in [0.1, 0.15) is 0 Å². The average Bonchev–Trinajstić information content (AvgIpc) is 2.83. The zero-order valence-corrected chi connectivity index (χ0v) is 12.6. The summed E-state index contributed by atoms with van der Waals surface area (Å²) in [6, 6.07) is 8.78. The van der Waals surface area contributed by atoms with E-state index in [1.54, 1.807) is 0 Å². The van der Waals surface area contributed by atoms with Crippen LogP contribution >= 0.6 is 0 Å². The van der Waals surface area contributed by atoms with Gasteiger partial charge in [-0.05, 0) is 57.3 Å². The zero-order chi connectivity index (χ0) is 14.2. The molecule has 0 atom stereocenters. The van der Waals surface area contributed by atoms with Gasteiger partial charge >= 0.3 is 0 Å². The van der Waals surface area contributed by atoms with Crippen LogP contribution in [0.1, 0.15) is 31.2 Å². The number of allylic oxidation sites excluding steroid dienone is 1. The summed E-state index contributed by atoms with van der Waals surface area (Å²) in [6.45, 7) is 6.00. The van der Waals surface area contributed by atoms with Gasteiger partial charge in [-0.25, -0.2) is 0 Å². The lowest BCUT2D eigenvalue weighted by Gasteiger charge is -2.03. The van der Waals surface area contributed by atoms with Crippen molar-refractivity contribution in [3.05, 3.63) is 48.7 Å². The Bertz CT molecular complexity index is 539. The summed E-state index contributed by atoms with van der Waals surface area (Å²) >= 11 is 0. The SMILES string of the molecule is C=CCCCn1cc(CCCCNC)c2ccccc21. The fourth-order valence-corrected chi connectivity index (χ4v) is 2.73. The number of fused-ring (bicyclic) bond motifs is 1. The lowest BCUT2D eigenvalue weighted by Crippen LogP contribution is -2.07. The largest absolute Gasteiger partial charge is 0.347 e. The molecule has 0 radical (unpaired) electrons. The van der Waals surface area contributed by atoms with Crippen LogP contribution in [0.4, 0.5) is 0 Å². The van der Waals surface area contributed by atoms with Gasteiger partial charge in [-0.1, -0.05) is 24.3 Å². The van der Waals surface area contributed by atoms with Crippen LogP contribution < -0.4 is 5.32 Å². The van der Waals surface area contributed by atoms with Crippen molar-refractivity contribution < 1.29 is 0 Å². The summed E-state index contributed by atoms with van der Waals surface area (Å²) in [5, 5.41) is 4.64. The minimum atomic E-state index is 1.09. The number of aryl methyl sites for hydroxylation is 2. The molecule has 0 unspecified atom stereocenters. The molecule has 108 valence electrons. The highest BCUT2D eigenvalue weighted by Gasteiger charge is 2.07. The van der Waals surface area contributed by atoms with Gasteiger partial charge in [0.05, 0.1) is 0 Å². The van der Waals surface area contributed by atoms with Gasteiger partial charge in [-0.15, -0.1) is 6.58 Å². The fraction of sp³-hybridized carbons (Fsp3) is 0.444. The van der Waals surface area contributed by atoms with E-state index in [2.05, 4.69) is 46.9 Å². The predicted octanol–water partition coefficient (Wildman–Crippen LogP) is 4.15. The topological polar surface area (TPSA) is 17.0 Å². The van der Waals surface area contributed by atoms with Gasteiger partial charge < -0.3 is 9.88 Å². The number of hydrogen-bond acceptors (Lipinski definition) is 1. The quantitative estimate of drug-likeness (QED) is 0.535. The number of hydrogen-bond donors (Lipinski definition) is 1. The van der Waals surface area contributed by atoms with Crippen molar-refractivity contribution in [2.45, 2.75) is 38.6 Å². The van der Waals surface area contributed by atoms with E-state index in [0.29, 0.717) is 0 Å². The normalized spacial score (nSPS) is 11.1. The van der Waals surface area contributed by atoms with Crippen molar-refractivity contribution in [2.24, 2.45) is 0 Å². The Hall–Kier alpha value is -1.54. The standard InChI is InChI=1S/C18H26N2/c1-3-4-9-14-20-15-16(10-7-8-13-19-2)17-11-5-6-12-18(17)20/h3,5-6,11-12,15,19H,1,4,7-10,13-14H2,2H3. The van der Waals surface area contributed by atoms with E-state index in [-0.39, 0.29) is 0 Å². The first-order valence-corrected chi connectivity index (χ1v) is 7.69.